The van der Waals surface area contributed by atoms with Crippen molar-refractivity contribution < 1.29 is 8.78 Å². The van der Waals surface area contributed by atoms with Gasteiger partial charge in [-0.15, -0.1) is 0 Å². The third-order valence-electron chi connectivity index (χ3n) is 3.60. The topological polar surface area (TPSA) is 12.0 Å². The van der Waals surface area contributed by atoms with Gasteiger partial charge in [0.15, 0.2) is 0 Å². The Hall–Kier alpha value is -0.610. The molecule has 0 radical (unpaired) electrons. The molecule has 1 N–H and O–H groups in total. The van der Waals surface area contributed by atoms with Gasteiger partial charge in [0.1, 0.15) is 11.6 Å². The third kappa shape index (κ3) is 3.69. The molecule has 0 atom stereocenters. The molecule has 2 rings (SSSR count). The first-order chi connectivity index (χ1) is 8.69. The SMILES string of the molecule is CSC1CCC(NCc2cc(F)ccc2F)CC1. The maximum atomic E-state index is 13.4. The average molecular weight is 271 g/mol. The Bertz CT molecular complexity index is 389. The second-order valence-corrected chi connectivity index (χ2v) is 5.96. The van der Waals surface area contributed by atoms with E-state index in [9.17, 15) is 8.78 Å². The summed E-state index contributed by atoms with van der Waals surface area (Å²) in [7, 11) is 0. The zero-order chi connectivity index (χ0) is 13.0. The molecule has 0 saturated heterocycles. The summed E-state index contributed by atoms with van der Waals surface area (Å²) in [5.41, 5.74) is 0.419. The van der Waals surface area contributed by atoms with Crippen LogP contribution < -0.4 is 5.32 Å². The summed E-state index contributed by atoms with van der Waals surface area (Å²) in [5, 5.41) is 4.11. The van der Waals surface area contributed by atoms with Crippen LogP contribution in [0.3, 0.4) is 0 Å². The van der Waals surface area contributed by atoms with Gasteiger partial charge in [-0.05, 0) is 50.1 Å². The molecule has 0 heterocycles. The van der Waals surface area contributed by atoms with Gasteiger partial charge >= 0.3 is 0 Å². The van der Waals surface area contributed by atoms with Crippen molar-refractivity contribution in [1.29, 1.82) is 0 Å². The molecule has 100 valence electrons. The Morgan fingerprint density at radius 1 is 1.22 bits per heavy atom. The van der Waals surface area contributed by atoms with Gasteiger partial charge in [0.05, 0.1) is 0 Å². The minimum atomic E-state index is -0.376. The van der Waals surface area contributed by atoms with Gasteiger partial charge in [-0.2, -0.15) is 11.8 Å². The van der Waals surface area contributed by atoms with Crippen LogP contribution in [0.5, 0.6) is 0 Å². The summed E-state index contributed by atoms with van der Waals surface area (Å²) in [6.07, 6.45) is 6.83. The number of nitrogens with one attached hydrogen (secondary N) is 1. The standard InChI is InChI=1S/C14H19F2NS/c1-18-13-5-3-12(4-6-13)17-9-10-8-11(15)2-7-14(10)16/h2,7-8,12-13,17H,3-6,9H2,1H3. The molecule has 1 fully saturated rings. The molecule has 4 heteroatoms. The molecular formula is C14H19F2NS. The minimum absolute atomic E-state index is 0.332. The molecule has 0 unspecified atom stereocenters. The first kappa shape index (κ1) is 13.8. The second kappa shape index (κ2) is 6.53. The maximum Gasteiger partial charge on any atom is 0.127 e. The highest BCUT2D eigenvalue weighted by molar-refractivity contribution is 7.99. The number of benzene rings is 1. The largest absolute Gasteiger partial charge is 0.310 e. The summed E-state index contributed by atoms with van der Waals surface area (Å²) in [4.78, 5) is 0. The maximum absolute atomic E-state index is 13.4. The van der Waals surface area contributed by atoms with Crippen LogP contribution in [0, 0.1) is 11.6 Å². The van der Waals surface area contributed by atoms with Crippen LogP contribution in [0.2, 0.25) is 0 Å². The summed E-state index contributed by atoms with van der Waals surface area (Å²) >= 11 is 1.93. The average Bonchev–Trinajstić information content (AvgIpc) is 2.40. The van der Waals surface area contributed by atoms with Crippen molar-refractivity contribution in [2.75, 3.05) is 6.26 Å². The normalized spacial score (nSPS) is 24.2. The molecule has 0 aromatic heterocycles. The predicted octanol–water partition coefficient (Wildman–Crippen LogP) is 3.73. The van der Waals surface area contributed by atoms with E-state index in [1.807, 2.05) is 11.8 Å². The summed E-state index contributed by atoms with van der Waals surface area (Å²) in [5.74, 6) is -0.707. The zero-order valence-electron chi connectivity index (χ0n) is 10.6. The summed E-state index contributed by atoms with van der Waals surface area (Å²) in [6.45, 7) is 0.415. The molecule has 0 spiro atoms. The molecule has 1 aliphatic rings. The van der Waals surface area contributed by atoms with Crippen molar-refractivity contribution in [1.82, 2.24) is 5.32 Å². The van der Waals surface area contributed by atoms with Gasteiger partial charge in [-0.25, -0.2) is 8.78 Å². The van der Waals surface area contributed by atoms with Gasteiger partial charge in [0, 0.05) is 23.4 Å². The van der Waals surface area contributed by atoms with Crippen molar-refractivity contribution in [3.05, 3.63) is 35.4 Å². The zero-order valence-corrected chi connectivity index (χ0v) is 11.4. The lowest BCUT2D eigenvalue weighted by Gasteiger charge is -2.28. The quantitative estimate of drug-likeness (QED) is 0.895. The highest BCUT2D eigenvalue weighted by Gasteiger charge is 2.20. The van der Waals surface area contributed by atoms with Crippen LogP contribution in [0.4, 0.5) is 8.78 Å². The third-order valence-corrected chi connectivity index (χ3v) is 4.73. The van der Waals surface area contributed by atoms with Gasteiger partial charge < -0.3 is 5.32 Å². The van der Waals surface area contributed by atoms with Crippen molar-refractivity contribution >= 4 is 11.8 Å². The Morgan fingerprint density at radius 2 is 1.94 bits per heavy atom. The summed E-state index contributed by atoms with van der Waals surface area (Å²) < 4.78 is 26.4. The van der Waals surface area contributed by atoms with Crippen LogP contribution in [0.1, 0.15) is 31.2 Å². The van der Waals surface area contributed by atoms with E-state index in [2.05, 4.69) is 11.6 Å². The first-order valence-electron chi connectivity index (χ1n) is 6.39. The second-order valence-electron chi connectivity index (χ2n) is 4.83. The highest BCUT2D eigenvalue weighted by Crippen LogP contribution is 2.27. The van der Waals surface area contributed by atoms with E-state index in [0.29, 0.717) is 18.2 Å². The number of halogens is 2. The van der Waals surface area contributed by atoms with Gasteiger partial charge in [0.2, 0.25) is 0 Å². The van der Waals surface area contributed by atoms with E-state index in [1.54, 1.807) is 0 Å². The van der Waals surface area contributed by atoms with Gasteiger partial charge in [-0.3, -0.25) is 0 Å². The Balaban J connectivity index is 1.83. The van der Waals surface area contributed by atoms with Crippen LogP contribution in [-0.2, 0) is 6.54 Å². The fourth-order valence-corrected chi connectivity index (χ4v) is 3.18. The number of hydrogen-bond donors (Lipinski definition) is 1. The first-order valence-corrected chi connectivity index (χ1v) is 7.68. The molecule has 0 bridgehead atoms. The fraction of sp³-hybridized carbons (Fsp3) is 0.571. The lowest BCUT2D eigenvalue weighted by molar-refractivity contribution is 0.376. The van der Waals surface area contributed by atoms with Crippen molar-refractivity contribution in [3.8, 4) is 0 Å². The molecule has 18 heavy (non-hydrogen) atoms. The van der Waals surface area contributed by atoms with Gasteiger partial charge in [-0.1, -0.05) is 0 Å². The van der Waals surface area contributed by atoms with E-state index in [1.165, 1.54) is 25.0 Å². The predicted molar refractivity (Wildman–Crippen MR) is 72.8 cm³/mol. The molecular weight excluding hydrogens is 252 g/mol. The van der Waals surface area contributed by atoms with Crippen molar-refractivity contribution in [3.63, 3.8) is 0 Å². The lowest BCUT2D eigenvalue weighted by Crippen LogP contribution is -2.33. The number of rotatable bonds is 4. The van der Waals surface area contributed by atoms with Crippen molar-refractivity contribution in [2.45, 2.75) is 43.5 Å². The molecule has 1 aromatic carbocycles. The van der Waals surface area contributed by atoms with E-state index in [0.717, 1.165) is 24.2 Å². The van der Waals surface area contributed by atoms with Crippen LogP contribution >= 0.6 is 11.8 Å². The molecule has 1 saturated carbocycles. The van der Waals surface area contributed by atoms with Crippen LogP contribution in [0.15, 0.2) is 18.2 Å². The molecule has 1 aromatic rings. The monoisotopic (exact) mass is 271 g/mol. The number of thioether (sulfide) groups is 1. The Labute approximate surface area is 111 Å². The number of hydrogen-bond acceptors (Lipinski definition) is 2. The Kier molecular flexibility index (Phi) is 5.01. The molecule has 0 amide bonds. The van der Waals surface area contributed by atoms with Gasteiger partial charge in [0.25, 0.3) is 0 Å². The highest BCUT2D eigenvalue weighted by atomic mass is 32.2. The van der Waals surface area contributed by atoms with E-state index >= 15 is 0 Å². The van der Waals surface area contributed by atoms with Crippen LogP contribution in [-0.4, -0.2) is 17.5 Å². The molecule has 0 aliphatic heterocycles. The Morgan fingerprint density at radius 3 is 2.61 bits per heavy atom. The van der Waals surface area contributed by atoms with Crippen LogP contribution in [0.25, 0.3) is 0 Å². The summed E-state index contributed by atoms with van der Waals surface area (Å²) in [6, 6.07) is 4.06. The minimum Gasteiger partial charge on any atom is -0.310 e. The lowest BCUT2D eigenvalue weighted by atomic mass is 9.95. The van der Waals surface area contributed by atoms with Crippen molar-refractivity contribution in [2.24, 2.45) is 0 Å². The fourth-order valence-electron chi connectivity index (χ4n) is 2.44. The molecule has 1 aliphatic carbocycles. The smallest absolute Gasteiger partial charge is 0.127 e. The molecule has 1 nitrogen and oxygen atoms in total. The van der Waals surface area contributed by atoms with E-state index < -0.39 is 0 Å². The van der Waals surface area contributed by atoms with E-state index in [-0.39, 0.29) is 11.6 Å². The van der Waals surface area contributed by atoms with E-state index in [4.69, 9.17) is 0 Å².